The van der Waals surface area contributed by atoms with Gasteiger partial charge in [-0.1, -0.05) is 13.8 Å². The Morgan fingerprint density at radius 3 is 2.42 bits per heavy atom. The van der Waals surface area contributed by atoms with Crippen LogP contribution in [-0.2, 0) is 14.2 Å². The molecule has 4 aliphatic rings. The van der Waals surface area contributed by atoms with Crippen LogP contribution in [0.3, 0.4) is 0 Å². The molecule has 2 heterocycles. The molecule has 1 saturated carbocycles. The molecule has 2 unspecified atom stereocenters. The van der Waals surface area contributed by atoms with E-state index < -0.39 is 17.7 Å². The van der Waals surface area contributed by atoms with E-state index in [1.807, 2.05) is 20.8 Å². The Morgan fingerprint density at radius 2 is 1.75 bits per heavy atom. The topological polar surface area (TPSA) is 68.2 Å². The molecule has 5 nitrogen and oxygen atoms in total. The van der Waals surface area contributed by atoms with Gasteiger partial charge in [0.2, 0.25) is 0 Å². The fourth-order valence-electron chi connectivity index (χ4n) is 6.21. The Balaban J connectivity index is 1.95. The number of rotatable bonds is 0. The van der Waals surface area contributed by atoms with E-state index in [9.17, 15) is 10.2 Å². The van der Waals surface area contributed by atoms with Crippen molar-refractivity contribution in [2.24, 2.45) is 17.3 Å². The molecule has 0 amide bonds. The first-order valence-electron chi connectivity index (χ1n) is 9.13. The molecule has 5 heteroatoms. The van der Waals surface area contributed by atoms with E-state index in [1.54, 1.807) is 6.92 Å². The third-order valence-electron chi connectivity index (χ3n) is 6.98. The first-order chi connectivity index (χ1) is 11.0. The molecule has 0 aromatic carbocycles. The quantitative estimate of drug-likeness (QED) is 0.664. The van der Waals surface area contributed by atoms with Gasteiger partial charge >= 0.3 is 0 Å². The SMILES string of the molecule is CC1=C2C(C)(O)C(O)O[C@H]3CC[C@@H](C)[C@H]([C@@H]4OC(C)(C)O[C@H]14)[C@@]23C. The van der Waals surface area contributed by atoms with Gasteiger partial charge < -0.3 is 24.4 Å². The van der Waals surface area contributed by atoms with Gasteiger partial charge in [-0.3, -0.25) is 0 Å². The van der Waals surface area contributed by atoms with Crippen LogP contribution in [0, 0.1) is 17.3 Å². The summed E-state index contributed by atoms with van der Waals surface area (Å²) in [6.07, 6.45) is 0.389. The summed E-state index contributed by atoms with van der Waals surface area (Å²) < 4.78 is 18.5. The second-order valence-electron chi connectivity index (χ2n) is 9.07. The minimum atomic E-state index is -1.41. The smallest absolute Gasteiger partial charge is 0.187 e. The van der Waals surface area contributed by atoms with Crippen LogP contribution in [0.25, 0.3) is 0 Å². The summed E-state index contributed by atoms with van der Waals surface area (Å²) in [4.78, 5) is 0. The molecule has 0 spiro atoms. The van der Waals surface area contributed by atoms with Crippen LogP contribution in [-0.4, -0.2) is 46.2 Å². The minimum absolute atomic E-state index is 0.0406. The van der Waals surface area contributed by atoms with Crippen molar-refractivity contribution in [1.82, 2.24) is 0 Å². The van der Waals surface area contributed by atoms with E-state index in [0.717, 1.165) is 24.0 Å². The van der Waals surface area contributed by atoms with Gasteiger partial charge in [0.05, 0.1) is 12.2 Å². The maximum absolute atomic E-state index is 11.1. The average molecular weight is 338 g/mol. The molecule has 4 rings (SSSR count). The van der Waals surface area contributed by atoms with Crippen molar-refractivity contribution in [2.75, 3.05) is 0 Å². The summed E-state index contributed by atoms with van der Waals surface area (Å²) in [7, 11) is 0. The lowest BCUT2D eigenvalue weighted by molar-refractivity contribution is -0.290. The van der Waals surface area contributed by atoms with Gasteiger partial charge in [0.15, 0.2) is 12.1 Å². The summed E-state index contributed by atoms with van der Waals surface area (Å²) >= 11 is 0. The summed E-state index contributed by atoms with van der Waals surface area (Å²) in [5.74, 6) is -0.00590. The molecule has 2 saturated heterocycles. The summed E-state index contributed by atoms with van der Waals surface area (Å²) in [5.41, 5.74) is 0.134. The Kier molecular flexibility index (Phi) is 3.42. The third kappa shape index (κ3) is 1.93. The van der Waals surface area contributed by atoms with E-state index in [0.29, 0.717) is 5.92 Å². The van der Waals surface area contributed by atoms with E-state index in [4.69, 9.17) is 14.2 Å². The van der Waals surface area contributed by atoms with Crippen molar-refractivity contribution >= 4 is 0 Å². The molecule has 0 aromatic rings. The highest BCUT2D eigenvalue weighted by Crippen LogP contribution is 2.63. The monoisotopic (exact) mass is 338 g/mol. The van der Waals surface area contributed by atoms with Crippen LogP contribution in [0.15, 0.2) is 11.1 Å². The van der Waals surface area contributed by atoms with Gasteiger partial charge in [-0.15, -0.1) is 0 Å². The van der Waals surface area contributed by atoms with Gasteiger partial charge in [-0.05, 0) is 57.6 Å². The fraction of sp³-hybridized carbons (Fsp3) is 0.895. The highest BCUT2D eigenvalue weighted by atomic mass is 16.8. The molecule has 2 N–H and O–H groups in total. The van der Waals surface area contributed by atoms with E-state index in [1.165, 1.54) is 0 Å². The van der Waals surface area contributed by atoms with Gasteiger partial charge in [0, 0.05) is 11.3 Å². The largest absolute Gasteiger partial charge is 0.380 e. The van der Waals surface area contributed by atoms with Crippen LogP contribution < -0.4 is 0 Å². The number of aliphatic hydroxyl groups is 2. The van der Waals surface area contributed by atoms with Gasteiger partial charge in [0.1, 0.15) is 11.7 Å². The zero-order valence-corrected chi connectivity index (χ0v) is 15.5. The molecule has 136 valence electrons. The normalized spacial score (nSPS) is 56.0. The van der Waals surface area contributed by atoms with Crippen molar-refractivity contribution in [2.45, 2.75) is 90.4 Å². The van der Waals surface area contributed by atoms with Crippen molar-refractivity contribution in [3.8, 4) is 0 Å². The molecule has 0 aromatic heterocycles. The molecular weight excluding hydrogens is 308 g/mol. The van der Waals surface area contributed by atoms with Crippen molar-refractivity contribution < 1.29 is 24.4 Å². The molecular formula is C19H30O5. The Bertz CT molecular complexity index is 595. The number of fused-ring (bicyclic) bond motifs is 2. The van der Waals surface area contributed by atoms with E-state index >= 15 is 0 Å². The lowest BCUT2D eigenvalue weighted by Crippen LogP contribution is -2.68. The average Bonchev–Trinajstić information content (AvgIpc) is 2.76. The highest BCUT2D eigenvalue weighted by Gasteiger charge is 2.67. The second kappa shape index (κ2) is 4.83. The predicted molar refractivity (Wildman–Crippen MR) is 88.0 cm³/mol. The van der Waals surface area contributed by atoms with Gasteiger partial charge in [-0.2, -0.15) is 0 Å². The van der Waals surface area contributed by atoms with Crippen LogP contribution >= 0.6 is 0 Å². The first kappa shape index (κ1) is 17.0. The summed E-state index contributed by atoms with van der Waals surface area (Å²) in [5, 5.41) is 21.6. The number of aliphatic hydroxyl groups excluding tert-OH is 1. The maximum atomic E-state index is 11.1. The van der Waals surface area contributed by atoms with Crippen LogP contribution in [0.2, 0.25) is 0 Å². The lowest BCUT2D eigenvalue weighted by Gasteiger charge is -2.62. The van der Waals surface area contributed by atoms with E-state index in [2.05, 4.69) is 13.8 Å². The van der Waals surface area contributed by atoms with Crippen molar-refractivity contribution in [3.63, 3.8) is 0 Å². The number of hydrogen-bond acceptors (Lipinski definition) is 5. The van der Waals surface area contributed by atoms with Crippen molar-refractivity contribution in [1.29, 1.82) is 0 Å². The molecule has 3 fully saturated rings. The van der Waals surface area contributed by atoms with Gasteiger partial charge in [-0.25, -0.2) is 0 Å². The summed E-state index contributed by atoms with van der Waals surface area (Å²) in [6, 6.07) is 0. The van der Waals surface area contributed by atoms with Crippen LogP contribution in [0.4, 0.5) is 0 Å². The minimum Gasteiger partial charge on any atom is -0.380 e. The zero-order chi connectivity index (χ0) is 17.7. The van der Waals surface area contributed by atoms with Gasteiger partial charge in [0.25, 0.3) is 0 Å². The van der Waals surface area contributed by atoms with Crippen LogP contribution in [0.1, 0.15) is 54.4 Å². The molecule has 24 heavy (non-hydrogen) atoms. The summed E-state index contributed by atoms with van der Waals surface area (Å²) in [6.45, 7) is 12.0. The Labute approximate surface area is 144 Å². The molecule has 0 radical (unpaired) electrons. The first-order valence-corrected chi connectivity index (χ1v) is 9.13. The molecule has 2 aliphatic heterocycles. The zero-order valence-electron chi connectivity index (χ0n) is 15.5. The third-order valence-corrected chi connectivity index (χ3v) is 6.98. The number of hydrogen-bond donors (Lipinski definition) is 2. The maximum Gasteiger partial charge on any atom is 0.187 e. The standard InChI is InChI=1S/C19H30O5/c1-9-7-8-11-18(5)12(9)14-13(23-17(3,4)24-14)10(2)15(18)19(6,21)16(20)22-11/h9,11-14,16,20-21H,7-8H2,1-6H3/t9-,11+,12-,13-,14+,16?,18+,19?/m1/s1. The highest BCUT2D eigenvalue weighted by molar-refractivity contribution is 5.41. The Morgan fingerprint density at radius 1 is 1.08 bits per heavy atom. The molecule has 0 bridgehead atoms. The van der Waals surface area contributed by atoms with E-state index in [-0.39, 0.29) is 29.6 Å². The predicted octanol–water partition coefficient (Wildman–Crippen LogP) is 2.36. The van der Waals surface area contributed by atoms with Crippen LogP contribution in [0.5, 0.6) is 0 Å². The number of ether oxygens (including phenoxy) is 3. The molecule has 2 aliphatic carbocycles. The van der Waals surface area contributed by atoms with Crippen molar-refractivity contribution in [3.05, 3.63) is 11.1 Å². The lowest BCUT2D eigenvalue weighted by atomic mass is 9.49. The fourth-order valence-corrected chi connectivity index (χ4v) is 6.21. The molecule has 8 atom stereocenters. The second-order valence-corrected chi connectivity index (χ2v) is 9.07. The Hall–Kier alpha value is -0.460.